The Kier molecular flexibility index (Phi) is 4.66. The molecule has 2 amide bonds. The summed E-state index contributed by atoms with van der Waals surface area (Å²) in [6.45, 7) is 3.14. The Labute approximate surface area is 143 Å². The molecule has 2 aromatic rings. The van der Waals surface area contributed by atoms with Crippen LogP contribution in [-0.4, -0.2) is 39.4 Å². The largest absolute Gasteiger partial charge is 0.365 e. The fourth-order valence-corrected chi connectivity index (χ4v) is 4.06. The van der Waals surface area contributed by atoms with Gasteiger partial charge in [-0.25, -0.2) is 4.98 Å². The number of hydrogen-bond donors (Lipinski definition) is 1. The summed E-state index contributed by atoms with van der Waals surface area (Å²) in [4.78, 5) is 43.5. The van der Waals surface area contributed by atoms with Crippen LogP contribution in [0, 0.1) is 6.92 Å². The van der Waals surface area contributed by atoms with E-state index in [4.69, 9.17) is 5.73 Å². The van der Waals surface area contributed by atoms with Crippen molar-refractivity contribution in [3.05, 3.63) is 27.1 Å². The predicted octanol–water partition coefficient (Wildman–Crippen LogP) is 1.27. The van der Waals surface area contributed by atoms with E-state index in [1.807, 2.05) is 4.90 Å². The second kappa shape index (κ2) is 6.72. The first-order valence-corrected chi connectivity index (χ1v) is 8.87. The molecule has 7 nitrogen and oxygen atoms in total. The molecule has 1 fully saturated rings. The van der Waals surface area contributed by atoms with Gasteiger partial charge in [-0.15, -0.1) is 11.3 Å². The third kappa shape index (κ3) is 3.06. The average molecular weight is 348 g/mol. The van der Waals surface area contributed by atoms with E-state index in [2.05, 4.69) is 4.98 Å². The van der Waals surface area contributed by atoms with Gasteiger partial charge in [0.05, 0.1) is 16.6 Å². The molecule has 8 heteroatoms. The Hall–Kier alpha value is -2.22. The molecule has 0 bridgehead atoms. The van der Waals surface area contributed by atoms with Crippen molar-refractivity contribution in [1.29, 1.82) is 0 Å². The first-order chi connectivity index (χ1) is 11.5. The zero-order valence-electron chi connectivity index (χ0n) is 13.6. The van der Waals surface area contributed by atoms with E-state index >= 15 is 0 Å². The van der Waals surface area contributed by atoms with Crippen LogP contribution in [0.4, 0.5) is 0 Å². The fraction of sp³-hybridized carbons (Fsp3) is 0.500. The van der Waals surface area contributed by atoms with Crippen LogP contribution in [0.5, 0.6) is 0 Å². The average Bonchev–Trinajstić information content (AvgIpc) is 2.74. The van der Waals surface area contributed by atoms with Gasteiger partial charge in [-0.2, -0.15) is 0 Å². The van der Waals surface area contributed by atoms with E-state index < -0.39 is 5.91 Å². The number of fused-ring (bicyclic) bond motifs is 1. The lowest BCUT2D eigenvalue weighted by atomic mass is 10.2. The zero-order chi connectivity index (χ0) is 17.3. The molecule has 1 aliphatic heterocycles. The molecular formula is C16H20N4O3S. The molecule has 24 heavy (non-hydrogen) atoms. The van der Waals surface area contributed by atoms with Gasteiger partial charge < -0.3 is 10.6 Å². The third-order valence-corrected chi connectivity index (χ3v) is 5.62. The molecule has 1 aliphatic rings. The van der Waals surface area contributed by atoms with Gasteiger partial charge >= 0.3 is 0 Å². The van der Waals surface area contributed by atoms with E-state index in [0.717, 1.165) is 50.1 Å². The summed E-state index contributed by atoms with van der Waals surface area (Å²) in [5, 5.41) is 0.375. The summed E-state index contributed by atoms with van der Waals surface area (Å²) in [5.74, 6) is -0.634. The van der Waals surface area contributed by atoms with Gasteiger partial charge in [0.2, 0.25) is 5.91 Å². The fourth-order valence-electron chi connectivity index (χ4n) is 3.07. The van der Waals surface area contributed by atoms with E-state index in [9.17, 15) is 14.4 Å². The Balaban J connectivity index is 1.91. The van der Waals surface area contributed by atoms with Crippen molar-refractivity contribution >= 4 is 33.4 Å². The van der Waals surface area contributed by atoms with Crippen LogP contribution < -0.4 is 11.3 Å². The van der Waals surface area contributed by atoms with Crippen LogP contribution in [0.2, 0.25) is 0 Å². The molecule has 0 radical (unpaired) electrons. The Morgan fingerprint density at radius 3 is 2.54 bits per heavy atom. The van der Waals surface area contributed by atoms with Crippen LogP contribution in [0.25, 0.3) is 10.2 Å². The van der Waals surface area contributed by atoms with Crippen LogP contribution in [0.1, 0.15) is 40.9 Å². The van der Waals surface area contributed by atoms with Crippen molar-refractivity contribution in [3.63, 3.8) is 0 Å². The number of amides is 2. The maximum atomic E-state index is 12.7. The first-order valence-electron chi connectivity index (χ1n) is 8.05. The lowest BCUT2D eigenvalue weighted by Crippen LogP contribution is -2.37. The number of hydrogen-bond acceptors (Lipinski definition) is 5. The molecule has 3 heterocycles. The number of nitrogens with zero attached hydrogens (tertiary/aromatic N) is 3. The van der Waals surface area contributed by atoms with Gasteiger partial charge in [-0.05, 0) is 25.3 Å². The molecule has 0 aliphatic carbocycles. The third-order valence-electron chi connectivity index (χ3n) is 4.41. The number of nitrogens with two attached hydrogens (primary N) is 1. The number of primary amides is 1. The maximum absolute atomic E-state index is 12.7. The lowest BCUT2D eigenvalue weighted by molar-refractivity contribution is -0.131. The van der Waals surface area contributed by atoms with Crippen molar-refractivity contribution in [3.8, 4) is 0 Å². The second-order valence-electron chi connectivity index (χ2n) is 6.07. The topological polar surface area (TPSA) is 98.3 Å². The highest BCUT2D eigenvalue weighted by molar-refractivity contribution is 7.20. The smallest absolute Gasteiger partial charge is 0.262 e. The van der Waals surface area contributed by atoms with Crippen molar-refractivity contribution in [1.82, 2.24) is 14.5 Å². The quantitative estimate of drug-likeness (QED) is 0.903. The molecule has 1 saturated heterocycles. The van der Waals surface area contributed by atoms with E-state index in [1.165, 1.54) is 10.9 Å². The molecule has 128 valence electrons. The summed E-state index contributed by atoms with van der Waals surface area (Å²) in [5.41, 5.74) is 5.57. The van der Waals surface area contributed by atoms with Gasteiger partial charge in [0.15, 0.2) is 0 Å². The minimum atomic E-state index is -0.568. The summed E-state index contributed by atoms with van der Waals surface area (Å²) in [6, 6.07) is 0. The van der Waals surface area contributed by atoms with Gasteiger partial charge in [0, 0.05) is 13.1 Å². The van der Waals surface area contributed by atoms with Crippen molar-refractivity contribution < 1.29 is 9.59 Å². The molecule has 3 rings (SSSR count). The predicted molar refractivity (Wildman–Crippen MR) is 92.2 cm³/mol. The molecule has 2 N–H and O–H groups in total. The first kappa shape index (κ1) is 16.6. The van der Waals surface area contributed by atoms with Crippen LogP contribution in [0.15, 0.2) is 11.1 Å². The lowest BCUT2D eigenvalue weighted by Gasteiger charge is -2.20. The van der Waals surface area contributed by atoms with E-state index in [1.54, 1.807) is 6.92 Å². The number of carbonyl (C=O) groups is 2. The molecular weight excluding hydrogens is 328 g/mol. The van der Waals surface area contributed by atoms with Crippen molar-refractivity contribution in [2.24, 2.45) is 5.73 Å². The van der Waals surface area contributed by atoms with Gasteiger partial charge in [0.25, 0.3) is 11.5 Å². The van der Waals surface area contributed by atoms with Crippen molar-refractivity contribution in [2.75, 3.05) is 13.1 Å². The van der Waals surface area contributed by atoms with Gasteiger partial charge in [-0.3, -0.25) is 19.0 Å². The number of thiophene rings is 1. The minimum Gasteiger partial charge on any atom is -0.365 e. The SMILES string of the molecule is Cc1c(C(N)=O)sc2ncn(CC(=O)N3CCCCCC3)c(=O)c12. The number of likely N-dealkylation sites (tertiary alicyclic amines) is 1. The Morgan fingerprint density at radius 1 is 1.25 bits per heavy atom. The highest BCUT2D eigenvalue weighted by atomic mass is 32.1. The Bertz CT molecular complexity index is 847. The maximum Gasteiger partial charge on any atom is 0.262 e. The normalized spacial score (nSPS) is 15.5. The number of aryl methyl sites for hydroxylation is 1. The van der Waals surface area contributed by atoms with E-state index in [-0.39, 0.29) is 18.0 Å². The second-order valence-corrected chi connectivity index (χ2v) is 7.07. The molecule has 0 unspecified atom stereocenters. The highest BCUT2D eigenvalue weighted by Crippen LogP contribution is 2.26. The summed E-state index contributed by atoms with van der Waals surface area (Å²) in [7, 11) is 0. The van der Waals surface area contributed by atoms with E-state index in [0.29, 0.717) is 20.7 Å². The highest BCUT2D eigenvalue weighted by Gasteiger charge is 2.20. The molecule has 0 spiro atoms. The van der Waals surface area contributed by atoms with Crippen LogP contribution in [0.3, 0.4) is 0 Å². The van der Waals surface area contributed by atoms with Crippen LogP contribution >= 0.6 is 11.3 Å². The molecule has 0 aromatic carbocycles. The van der Waals surface area contributed by atoms with Crippen LogP contribution in [-0.2, 0) is 11.3 Å². The molecule has 0 atom stereocenters. The monoisotopic (exact) mass is 348 g/mol. The summed E-state index contributed by atoms with van der Waals surface area (Å²) >= 11 is 1.11. The minimum absolute atomic E-state index is 0.0248. The molecule has 0 saturated carbocycles. The standard InChI is InChI=1S/C16H20N4O3S/c1-10-12-15(24-13(10)14(17)22)18-9-20(16(12)23)8-11(21)19-6-4-2-3-5-7-19/h9H,2-8H2,1H3,(H2,17,22). The van der Waals surface area contributed by atoms with Gasteiger partial charge in [-0.1, -0.05) is 12.8 Å². The molecule has 2 aromatic heterocycles. The number of carbonyl (C=O) groups excluding carboxylic acids is 2. The number of aromatic nitrogens is 2. The summed E-state index contributed by atoms with van der Waals surface area (Å²) < 4.78 is 1.32. The zero-order valence-corrected chi connectivity index (χ0v) is 14.4. The number of rotatable bonds is 3. The Morgan fingerprint density at radius 2 is 1.92 bits per heavy atom. The van der Waals surface area contributed by atoms with Gasteiger partial charge in [0.1, 0.15) is 11.4 Å². The summed E-state index contributed by atoms with van der Waals surface area (Å²) in [6.07, 6.45) is 5.66. The van der Waals surface area contributed by atoms with Crippen molar-refractivity contribution in [2.45, 2.75) is 39.2 Å².